The summed E-state index contributed by atoms with van der Waals surface area (Å²) < 4.78 is 48.4. The maximum Gasteiger partial charge on any atom is 0.435 e. The van der Waals surface area contributed by atoms with Gasteiger partial charge in [0.25, 0.3) is 5.56 Å². The maximum atomic E-state index is 13.8. The number of hydrogen-bond acceptors (Lipinski definition) is 5. The number of aryl methyl sites for hydroxylation is 1. The summed E-state index contributed by atoms with van der Waals surface area (Å²) in [6.45, 7) is 1.63. The van der Waals surface area contributed by atoms with Crippen molar-refractivity contribution in [3.05, 3.63) is 70.3 Å². The second-order valence-electron chi connectivity index (χ2n) is 7.10. The van der Waals surface area contributed by atoms with Gasteiger partial charge >= 0.3 is 6.18 Å². The lowest BCUT2D eigenvalue weighted by Crippen LogP contribution is -2.19. The zero-order valence-electron chi connectivity index (χ0n) is 16.8. The quantitative estimate of drug-likeness (QED) is 0.400. The summed E-state index contributed by atoms with van der Waals surface area (Å²) >= 11 is 1.26. The lowest BCUT2D eigenvalue weighted by molar-refractivity contribution is -0.140. The number of hydrogen-bond donors (Lipinski definition) is 1. The minimum Gasteiger partial charge on any atom is -0.494 e. The third-order valence-electron chi connectivity index (χ3n) is 5.12. The zero-order chi connectivity index (χ0) is 22.6. The number of benzene rings is 2. The van der Waals surface area contributed by atoms with Gasteiger partial charge in [-0.25, -0.2) is 4.98 Å². The van der Waals surface area contributed by atoms with E-state index in [2.05, 4.69) is 15.1 Å². The SMILES string of the molecule is COc1cccc2sc(-c3c(C)[nH]c4c(-c5ccccc5)c(C(F)(F)F)nn4c3=O)nc12. The Morgan fingerprint density at radius 1 is 1.06 bits per heavy atom. The van der Waals surface area contributed by atoms with Crippen molar-refractivity contribution in [3.8, 4) is 27.4 Å². The van der Waals surface area contributed by atoms with Gasteiger partial charge in [-0.3, -0.25) is 4.79 Å². The van der Waals surface area contributed by atoms with Gasteiger partial charge in [-0.2, -0.15) is 22.8 Å². The number of aromatic nitrogens is 4. The number of aromatic amines is 1. The van der Waals surface area contributed by atoms with Crippen molar-refractivity contribution in [2.45, 2.75) is 13.1 Å². The van der Waals surface area contributed by atoms with Crippen LogP contribution in [0, 0.1) is 6.92 Å². The van der Waals surface area contributed by atoms with E-state index in [4.69, 9.17) is 4.74 Å². The molecule has 0 atom stereocenters. The van der Waals surface area contributed by atoms with E-state index in [0.717, 1.165) is 9.22 Å². The number of para-hydroxylation sites is 1. The molecule has 32 heavy (non-hydrogen) atoms. The molecular formula is C22H15F3N4O2S. The van der Waals surface area contributed by atoms with E-state index >= 15 is 0 Å². The Kier molecular flexibility index (Phi) is 4.55. The molecule has 1 N–H and O–H groups in total. The van der Waals surface area contributed by atoms with Crippen LogP contribution in [0.25, 0.3) is 37.6 Å². The van der Waals surface area contributed by atoms with Crippen molar-refractivity contribution in [3.63, 3.8) is 0 Å². The van der Waals surface area contributed by atoms with Gasteiger partial charge in [-0.15, -0.1) is 11.3 Å². The van der Waals surface area contributed by atoms with Crippen LogP contribution in [-0.4, -0.2) is 26.7 Å². The van der Waals surface area contributed by atoms with E-state index in [9.17, 15) is 18.0 Å². The topological polar surface area (TPSA) is 72.3 Å². The number of H-pyrrole nitrogens is 1. The van der Waals surface area contributed by atoms with Crippen LogP contribution in [0.1, 0.15) is 11.4 Å². The van der Waals surface area contributed by atoms with Crippen LogP contribution in [0.4, 0.5) is 13.2 Å². The molecule has 0 aliphatic rings. The molecule has 6 nitrogen and oxygen atoms in total. The molecule has 0 unspecified atom stereocenters. The largest absolute Gasteiger partial charge is 0.494 e. The Labute approximate surface area is 182 Å². The summed E-state index contributed by atoms with van der Waals surface area (Å²) in [5.74, 6) is 0.546. The molecule has 0 saturated heterocycles. The smallest absolute Gasteiger partial charge is 0.435 e. The van der Waals surface area contributed by atoms with Gasteiger partial charge in [0.15, 0.2) is 5.69 Å². The van der Waals surface area contributed by atoms with Crippen molar-refractivity contribution in [2.24, 2.45) is 0 Å². The molecule has 162 valence electrons. The second kappa shape index (κ2) is 7.20. The van der Waals surface area contributed by atoms with E-state index in [1.807, 2.05) is 6.07 Å². The monoisotopic (exact) mass is 456 g/mol. The molecule has 0 aliphatic heterocycles. The van der Waals surface area contributed by atoms with Gasteiger partial charge in [0.05, 0.1) is 22.9 Å². The fraction of sp³-hybridized carbons (Fsp3) is 0.136. The normalized spacial score (nSPS) is 12.0. The minimum absolute atomic E-state index is 0.0199. The highest BCUT2D eigenvalue weighted by molar-refractivity contribution is 7.21. The third-order valence-corrected chi connectivity index (χ3v) is 6.16. The average molecular weight is 456 g/mol. The molecule has 5 aromatic rings. The van der Waals surface area contributed by atoms with Crippen LogP contribution < -0.4 is 10.3 Å². The number of ether oxygens (including phenoxy) is 1. The second-order valence-corrected chi connectivity index (χ2v) is 8.13. The summed E-state index contributed by atoms with van der Waals surface area (Å²) in [5, 5.41) is 4.05. The Hall–Kier alpha value is -3.66. The molecule has 3 heterocycles. The Balaban J connectivity index is 1.82. The number of methoxy groups -OCH3 is 1. The minimum atomic E-state index is -4.74. The molecule has 0 spiro atoms. The predicted molar refractivity (Wildman–Crippen MR) is 116 cm³/mol. The van der Waals surface area contributed by atoms with E-state index < -0.39 is 17.4 Å². The van der Waals surface area contributed by atoms with E-state index in [1.165, 1.54) is 18.4 Å². The summed E-state index contributed by atoms with van der Waals surface area (Å²) in [6.07, 6.45) is -4.74. The van der Waals surface area contributed by atoms with Gasteiger partial charge < -0.3 is 9.72 Å². The van der Waals surface area contributed by atoms with E-state index in [1.54, 1.807) is 49.4 Å². The van der Waals surface area contributed by atoms with Crippen molar-refractivity contribution >= 4 is 27.2 Å². The first-order valence-corrected chi connectivity index (χ1v) is 10.3. The van der Waals surface area contributed by atoms with Gasteiger partial charge in [0.1, 0.15) is 21.9 Å². The molecule has 2 aromatic carbocycles. The molecule has 3 aromatic heterocycles. The van der Waals surface area contributed by atoms with Crippen molar-refractivity contribution in [1.82, 2.24) is 19.6 Å². The fourth-order valence-corrected chi connectivity index (χ4v) is 4.79. The maximum absolute atomic E-state index is 13.8. The number of nitrogens with one attached hydrogen (secondary N) is 1. The first-order valence-electron chi connectivity index (χ1n) is 9.51. The molecule has 0 bridgehead atoms. The Morgan fingerprint density at radius 3 is 2.50 bits per heavy atom. The third kappa shape index (κ3) is 3.06. The molecule has 0 amide bonds. The highest BCUT2D eigenvalue weighted by Gasteiger charge is 2.39. The molecule has 5 rings (SSSR count). The van der Waals surface area contributed by atoms with Crippen LogP contribution in [0.3, 0.4) is 0 Å². The predicted octanol–water partition coefficient (Wildman–Crippen LogP) is 5.30. The fourth-order valence-electron chi connectivity index (χ4n) is 3.71. The van der Waals surface area contributed by atoms with Gasteiger partial charge in [0.2, 0.25) is 0 Å². The van der Waals surface area contributed by atoms with Crippen LogP contribution >= 0.6 is 11.3 Å². The highest BCUT2D eigenvalue weighted by atomic mass is 32.1. The lowest BCUT2D eigenvalue weighted by Gasteiger charge is -2.07. The standard InChI is InChI=1S/C22H15F3N4O2S/c1-11-15(20-27-17-13(31-2)9-6-10-14(17)32-20)21(30)29-19(26-11)16(12-7-4-3-5-8-12)18(28-29)22(23,24)25/h3-10,26H,1-2H3. The summed E-state index contributed by atoms with van der Waals surface area (Å²) in [6, 6.07) is 13.5. The van der Waals surface area contributed by atoms with Gasteiger partial charge in [-0.1, -0.05) is 36.4 Å². The van der Waals surface area contributed by atoms with Crippen molar-refractivity contribution in [1.29, 1.82) is 0 Å². The lowest BCUT2D eigenvalue weighted by atomic mass is 10.1. The molecule has 0 aliphatic carbocycles. The highest BCUT2D eigenvalue weighted by Crippen LogP contribution is 2.39. The number of halogens is 3. The molecule has 0 fully saturated rings. The van der Waals surface area contributed by atoms with Crippen LogP contribution in [0.2, 0.25) is 0 Å². The van der Waals surface area contributed by atoms with Crippen molar-refractivity contribution < 1.29 is 17.9 Å². The number of thiazole rings is 1. The summed E-state index contributed by atoms with van der Waals surface area (Å²) in [7, 11) is 1.52. The average Bonchev–Trinajstić information content (AvgIpc) is 3.36. The van der Waals surface area contributed by atoms with E-state index in [-0.39, 0.29) is 16.8 Å². The van der Waals surface area contributed by atoms with Crippen LogP contribution in [0.5, 0.6) is 5.75 Å². The number of nitrogens with zero attached hydrogens (tertiary/aromatic N) is 3. The number of alkyl halides is 3. The van der Waals surface area contributed by atoms with Crippen LogP contribution in [-0.2, 0) is 6.18 Å². The molecular weight excluding hydrogens is 441 g/mol. The Bertz CT molecular complexity index is 1530. The van der Waals surface area contributed by atoms with Gasteiger partial charge in [-0.05, 0) is 24.6 Å². The molecule has 0 saturated carbocycles. The summed E-state index contributed by atoms with van der Waals surface area (Å²) in [4.78, 5) is 20.8. The van der Waals surface area contributed by atoms with Gasteiger partial charge in [0, 0.05) is 5.69 Å². The first-order chi connectivity index (χ1) is 15.3. The summed E-state index contributed by atoms with van der Waals surface area (Å²) in [5.41, 5.74) is -0.550. The van der Waals surface area contributed by atoms with Crippen molar-refractivity contribution in [2.75, 3.05) is 7.11 Å². The number of rotatable bonds is 3. The first kappa shape index (κ1) is 20.3. The molecule has 10 heteroatoms. The van der Waals surface area contributed by atoms with Crippen LogP contribution in [0.15, 0.2) is 53.3 Å². The zero-order valence-corrected chi connectivity index (χ0v) is 17.6. The molecule has 0 radical (unpaired) electrons. The Morgan fingerprint density at radius 2 is 1.81 bits per heavy atom. The van der Waals surface area contributed by atoms with E-state index in [0.29, 0.717) is 27.5 Å². The number of fused-ring (bicyclic) bond motifs is 2.